The molecule has 23 heteroatoms. The maximum Gasteiger partial charge on any atom is 0.248 e. The molecule has 7 amide bonds. The zero-order valence-electron chi connectivity index (χ0n) is 42.3. The highest BCUT2D eigenvalue weighted by Crippen LogP contribution is 2.27. The number of phenolic OH excluding ortho intramolecular Hbond substituents is 1. The van der Waals surface area contributed by atoms with E-state index in [-0.39, 0.29) is 37.1 Å². The van der Waals surface area contributed by atoms with Crippen LogP contribution in [0.25, 0.3) is 0 Å². The van der Waals surface area contributed by atoms with Crippen LogP contribution in [0.4, 0.5) is 0 Å². The molecule has 3 aliphatic heterocycles. The van der Waals surface area contributed by atoms with Crippen LogP contribution in [0.15, 0.2) is 24.3 Å². The third kappa shape index (κ3) is 17.3. The Morgan fingerprint density at radius 1 is 0.753 bits per heavy atom. The molecule has 3 saturated heterocycles. The second kappa shape index (κ2) is 28.8. The molecule has 13 N–H and O–H groups in total. The van der Waals surface area contributed by atoms with Gasteiger partial charge in [0.05, 0.1) is 36.9 Å². The van der Waals surface area contributed by atoms with E-state index in [9.17, 15) is 79.7 Å². The Hall–Kier alpha value is -5.48. The second-order valence-corrected chi connectivity index (χ2v) is 20.1. The van der Waals surface area contributed by atoms with E-state index in [2.05, 4.69) is 47.4 Å². The number of benzene rings is 1. The van der Waals surface area contributed by atoms with Gasteiger partial charge in [0, 0.05) is 25.9 Å². The minimum atomic E-state index is -2.30. The van der Waals surface area contributed by atoms with Crippen LogP contribution in [0.2, 0.25) is 0 Å². The van der Waals surface area contributed by atoms with Crippen LogP contribution < -0.4 is 26.6 Å². The summed E-state index contributed by atoms with van der Waals surface area (Å²) < 4.78 is 0. The van der Waals surface area contributed by atoms with E-state index in [1.54, 1.807) is 6.07 Å². The Bertz CT molecular complexity index is 2060. The predicted molar refractivity (Wildman–Crippen MR) is 261 cm³/mol. The maximum absolute atomic E-state index is 14.3. The lowest BCUT2D eigenvalue weighted by Gasteiger charge is -2.34. The first-order valence-electron chi connectivity index (χ1n) is 25.6. The van der Waals surface area contributed by atoms with Gasteiger partial charge in [-0.25, -0.2) is 0 Å². The number of aliphatic hydroxyl groups excluding tert-OH is 7. The highest BCUT2D eigenvalue weighted by molar-refractivity contribution is 5.98. The minimum Gasteiger partial charge on any atom is -0.508 e. The number of fused-ring (bicyclic) bond motifs is 2. The molecule has 0 radical (unpaired) electrons. The van der Waals surface area contributed by atoms with Crippen molar-refractivity contribution in [2.24, 2.45) is 11.8 Å². The summed E-state index contributed by atoms with van der Waals surface area (Å²) in [6.07, 6.45) is -6.16. The van der Waals surface area contributed by atoms with Gasteiger partial charge in [0.15, 0.2) is 0 Å². The van der Waals surface area contributed by atoms with Gasteiger partial charge in [0.25, 0.3) is 0 Å². The quantitative estimate of drug-likeness (QED) is 0.0719. The number of nitrogens with one attached hydrogen (secondary N) is 5. The fourth-order valence-corrected chi connectivity index (χ4v) is 9.67. The van der Waals surface area contributed by atoms with E-state index in [0.29, 0.717) is 18.3 Å². The van der Waals surface area contributed by atoms with Crippen LogP contribution in [0, 0.1) is 23.2 Å². The van der Waals surface area contributed by atoms with Crippen LogP contribution in [0.3, 0.4) is 0 Å². The number of carbonyl (C=O) groups excluding carboxylic acids is 7. The van der Waals surface area contributed by atoms with E-state index >= 15 is 0 Å². The van der Waals surface area contributed by atoms with Gasteiger partial charge in [0.1, 0.15) is 60.4 Å². The highest BCUT2D eigenvalue weighted by Gasteiger charge is 2.48. The van der Waals surface area contributed by atoms with E-state index in [4.69, 9.17) is 0 Å². The molecule has 15 atom stereocenters. The maximum atomic E-state index is 14.3. The van der Waals surface area contributed by atoms with Crippen LogP contribution in [0.5, 0.6) is 5.75 Å². The number of nitriles is 1. The zero-order chi connectivity index (χ0) is 54.1. The Morgan fingerprint density at radius 3 is 2.01 bits per heavy atom. The van der Waals surface area contributed by atoms with Gasteiger partial charge in [-0.3, -0.25) is 33.6 Å². The van der Waals surface area contributed by atoms with Crippen molar-refractivity contribution in [2.75, 3.05) is 13.1 Å². The molecule has 3 heterocycles. The first kappa shape index (κ1) is 60.1. The van der Waals surface area contributed by atoms with E-state index in [1.807, 2.05) is 0 Å². The number of unbranched alkanes of at least 4 members (excludes halogenated alkanes) is 5. The molecule has 3 aliphatic rings. The number of phenols is 1. The number of carbonyl (C=O) groups is 7. The van der Waals surface area contributed by atoms with Crippen LogP contribution in [-0.4, -0.2) is 178 Å². The van der Waals surface area contributed by atoms with Gasteiger partial charge in [-0.15, -0.1) is 0 Å². The third-order valence-electron chi connectivity index (χ3n) is 14.1. The lowest BCUT2D eigenvalue weighted by molar-refractivity contribution is -0.148. The molecular formula is C50H78N8O15. The molecule has 408 valence electrons. The third-order valence-corrected chi connectivity index (χ3v) is 14.1. The van der Waals surface area contributed by atoms with Crippen molar-refractivity contribution in [3.8, 4) is 11.8 Å². The summed E-state index contributed by atoms with van der Waals surface area (Å²) in [7, 11) is 0. The predicted octanol–water partition coefficient (Wildman–Crippen LogP) is -1.27. The summed E-state index contributed by atoms with van der Waals surface area (Å²) in [4.78, 5) is 100. The number of nitrogens with zero attached hydrogens (tertiary/aromatic N) is 3. The van der Waals surface area contributed by atoms with Crippen LogP contribution in [-0.2, 0) is 33.6 Å². The molecule has 3 fully saturated rings. The average molecular weight is 1030 g/mol. The fourth-order valence-electron chi connectivity index (χ4n) is 9.67. The Balaban J connectivity index is 1.65. The van der Waals surface area contributed by atoms with Crippen molar-refractivity contribution in [3.63, 3.8) is 0 Å². The van der Waals surface area contributed by atoms with E-state index < -0.39 is 146 Å². The molecule has 0 spiro atoms. The summed E-state index contributed by atoms with van der Waals surface area (Å²) in [6, 6.07) is -4.76. The number of hydrogen-bond acceptors (Lipinski definition) is 16. The summed E-state index contributed by atoms with van der Waals surface area (Å²) >= 11 is 0. The van der Waals surface area contributed by atoms with Crippen molar-refractivity contribution >= 4 is 41.4 Å². The molecule has 0 bridgehead atoms. The van der Waals surface area contributed by atoms with Gasteiger partial charge < -0.3 is 77.2 Å². The second-order valence-electron chi connectivity index (χ2n) is 20.1. The van der Waals surface area contributed by atoms with Gasteiger partial charge in [-0.1, -0.05) is 77.8 Å². The van der Waals surface area contributed by atoms with Crippen molar-refractivity contribution in [1.82, 2.24) is 36.4 Å². The lowest BCUT2D eigenvalue weighted by atomic mass is 9.91. The molecule has 4 rings (SSSR count). The van der Waals surface area contributed by atoms with Gasteiger partial charge >= 0.3 is 0 Å². The first-order valence-corrected chi connectivity index (χ1v) is 25.6. The zero-order valence-corrected chi connectivity index (χ0v) is 42.3. The number of hydrogen-bond donors (Lipinski definition) is 13. The van der Waals surface area contributed by atoms with Crippen molar-refractivity contribution in [2.45, 2.75) is 203 Å². The largest absolute Gasteiger partial charge is 0.508 e. The molecule has 15 unspecified atom stereocenters. The fraction of sp³-hybridized carbons (Fsp3) is 0.720. The van der Waals surface area contributed by atoms with Crippen LogP contribution in [0.1, 0.15) is 136 Å². The molecule has 0 aromatic heterocycles. The van der Waals surface area contributed by atoms with Gasteiger partial charge in [-0.05, 0) is 68.6 Å². The normalized spacial score (nSPS) is 28.4. The Labute approximate surface area is 426 Å². The van der Waals surface area contributed by atoms with Crippen molar-refractivity contribution < 1.29 is 74.4 Å². The summed E-state index contributed by atoms with van der Waals surface area (Å²) in [6.45, 7) is 7.02. The topological polar surface area (TPSA) is 372 Å². The summed E-state index contributed by atoms with van der Waals surface area (Å²) in [5.74, 6) is -6.50. The number of amides is 7. The van der Waals surface area contributed by atoms with Crippen molar-refractivity contribution in [1.29, 1.82) is 5.26 Å². The van der Waals surface area contributed by atoms with Crippen molar-refractivity contribution in [3.05, 3.63) is 29.8 Å². The monoisotopic (exact) mass is 1030 g/mol. The SMILES string of the molecule is CCC(C)CC(C)CCCCCCCCC(=O)NC1CCC(O)NC(=O)C2C(O)CCN2C(=O)C(C(O)CC#N)NC(=O)C(C(O)C(O)c2ccc(O)cc2)NC(=O)C2CC(O)CN2C(=O)C(C(C)O)NC1=O. The van der Waals surface area contributed by atoms with E-state index in [1.165, 1.54) is 18.6 Å². The number of aromatic hydroxyl groups is 1. The molecule has 0 aliphatic carbocycles. The number of rotatable bonds is 19. The smallest absolute Gasteiger partial charge is 0.248 e. The summed E-state index contributed by atoms with van der Waals surface area (Å²) in [5.41, 5.74) is -0.0781. The molecule has 0 saturated carbocycles. The van der Waals surface area contributed by atoms with E-state index in [0.717, 1.165) is 73.8 Å². The molecule has 1 aromatic carbocycles. The lowest BCUT2D eigenvalue weighted by Crippen LogP contribution is -2.64. The molecule has 1 aromatic rings. The van der Waals surface area contributed by atoms with Gasteiger partial charge in [-0.2, -0.15) is 5.26 Å². The standard InChI is InChI=1S/C50H78N8O15/c1-5-27(2)24-28(3)12-10-8-6-7-9-11-13-37(64)52-33-18-19-38(65)53-48(71)42-36(63)21-23-57(42)50(73)40(35(62)20-22-51)55-47(70)41(44(67)43(66)30-14-16-31(60)17-15-30)56-46(69)34-25-32(61)26-58(34)49(72)39(29(4)59)54-45(33)68/h14-17,27-29,32-36,38-44,59-63,65-67H,5-13,18-21,23-26H2,1-4H3,(H,52,64)(H,53,71)(H,54,68)(H,55,70)(H,56,69). The molecule has 73 heavy (non-hydrogen) atoms. The highest BCUT2D eigenvalue weighted by atomic mass is 16.3. The minimum absolute atomic E-state index is 0.0166. The summed E-state index contributed by atoms with van der Waals surface area (Å²) in [5, 5.41) is 109. The van der Waals surface area contributed by atoms with Gasteiger partial charge in [0.2, 0.25) is 41.4 Å². The Morgan fingerprint density at radius 2 is 1.37 bits per heavy atom. The first-order chi connectivity index (χ1) is 34.6. The Kier molecular flexibility index (Phi) is 23.7. The molecular weight excluding hydrogens is 953 g/mol. The molecule has 23 nitrogen and oxygen atoms in total. The average Bonchev–Trinajstić information content (AvgIpc) is 3.94. The van der Waals surface area contributed by atoms with Crippen LogP contribution >= 0.6 is 0 Å². The number of aliphatic hydroxyl groups is 7.